The number of hydrogen-bond donors (Lipinski definition) is 0. The molecule has 0 N–H and O–H groups in total. The quantitative estimate of drug-likeness (QED) is 0.498. The van der Waals surface area contributed by atoms with Crippen LogP contribution in [0.25, 0.3) is 0 Å². The maximum atomic E-state index is 8.40. The van der Waals surface area contributed by atoms with Crippen LogP contribution in [0.4, 0.5) is 0 Å². The molecule has 0 aromatic heterocycles. The van der Waals surface area contributed by atoms with Gasteiger partial charge in [-0.2, -0.15) is 5.26 Å². The molecule has 0 aliphatic rings. The van der Waals surface area contributed by atoms with Gasteiger partial charge in [-0.15, -0.1) is 0 Å². The molecule has 0 fully saturated rings. The van der Waals surface area contributed by atoms with Crippen LogP contribution in [-0.2, 0) is 0 Å². The van der Waals surface area contributed by atoms with E-state index >= 15 is 0 Å². The molecule has 0 saturated carbocycles. The Kier molecular flexibility index (Phi) is 8.97. The molecule has 0 spiro atoms. The van der Waals surface area contributed by atoms with Crippen LogP contribution in [-0.4, -0.2) is 29.9 Å². The van der Waals surface area contributed by atoms with E-state index in [-0.39, 0.29) is 0 Å². The average Bonchev–Trinajstić information content (AvgIpc) is 2.11. The smallest absolute Gasteiger partial charge is 0.0635 e. The first-order valence-electron chi connectivity index (χ1n) is 4.50. The highest BCUT2D eigenvalue weighted by Gasteiger charge is 1.99. The molecule has 0 radical (unpaired) electrons. The molecule has 0 amide bonds. The summed E-state index contributed by atoms with van der Waals surface area (Å²) in [6.07, 6.45) is 3.11. The minimum absolute atomic E-state index is 0.655. The maximum Gasteiger partial charge on any atom is 0.0635 e. The standard InChI is InChI=1S/C9H17BrN2/c1-2-12(9-5-7-11)8-4-3-6-10/h2-6,8-9H2,1H3. The van der Waals surface area contributed by atoms with Crippen LogP contribution >= 0.6 is 15.9 Å². The van der Waals surface area contributed by atoms with Crippen molar-refractivity contribution in [2.24, 2.45) is 0 Å². The van der Waals surface area contributed by atoms with Gasteiger partial charge in [0.15, 0.2) is 0 Å². The van der Waals surface area contributed by atoms with Crippen molar-refractivity contribution in [2.45, 2.75) is 26.2 Å². The SMILES string of the molecule is CCN(CCC#N)CCCCBr. The fraction of sp³-hybridized carbons (Fsp3) is 0.889. The fourth-order valence-electron chi connectivity index (χ4n) is 1.07. The number of alkyl halides is 1. The van der Waals surface area contributed by atoms with E-state index < -0.39 is 0 Å². The van der Waals surface area contributed by atoms with Crippen molar-refractivity contribution in [3.63, 3.8) is 0 Å². The number of nitrogens with zero attached hydrogens (tertiary/aromatic N) is 2. The van der Waals surface area contributed by atoms with E-state index in [1.54, 1.807) is 0 Å². The van der Waals surface area contributed by atoms with E-state index in [0.717, 1.165) is 25.0 Å². The van der Waals surface area contributed by atoms with Crippen molar-refractivity contribution < 1.29 is 0 Å². The summed E-state index contributed by atoms with van der Waals surface area (Å²) in [6, 6.07) is 2.17. The Bertz CT molecular complexity index is 131. The molecule has 0 aromatic carbocycles. The van der Waals surface area contributed by atoms with Crippen molar-refractivity contribution in [1.82, 2.24) is 4.90 Å². The molecule has 0 saturated heterocycles. The van der Waals surface area contributed by atoms with Crippen molar-refractivity contribution in [3.8, 4) is 6.07 Å². The highest BCUT2D eigenvalue weighted by molar-refractivity contribution is 9.09. The van der Waals surface area contributed by atoms with E-state index in [1.807, 2.05) is 0 Å². The second-order valence-corrected chi connectivity index (χ2v) is 3.53. The third-order valence-corrected chi connectivity index (χ3v) is 2.41. The first-order valence-corrected chi connectivity index (χ1v) is 5.62. The second-order valence-electron chi connectivity index (χ2n) is 2.74. The number of nitriles is 1. The van der Waals surface area contributed by atoms with Gasteiger partial charge in [-0.25, -0.2) is 0 Å². The molecule has 12 heavy (non-hydrogen) atoms. The number of unbranched alkanes of at least 4 members (excludes halogenated alkanes) is 1. The zero-order chi connectivity index (χ0) is 9.23. The Morgan fingerprint density at radius 2 is 2.08 bits per heavy atom. The summed E-state index contributed by atoms with van der Waals surface area (Å²) >= 11 is 3.40. The highest BCUT2D eigenvalue weighted by Crippen LogP contribution is 1.98. The Morgan fingerprint density at radius 3 is 2.58 bits per heavy atom. The first-order chi connectivity index (χ1) is 5.85. The van der Waals surface area contributed by atoms with Gasteiger partial charge in [0.1, 0.15) is 0 Å². The molecule has 3 heteroatoms. The molecule has 0 rings (SSSR count). The lowest BCUT2D eigenvalue weighted by Gasteiger charge is -2.18. The minimum Gasteiger partial charge on any atom is -0.303 e. The van der Waals surface area contributed by atoms with Crippen molar-refractivity contribution in [1.29, 1.82) is 5.26 Å². The molecule has 0 unspecified atom stereocenters. The lowest BCUT2D eigenvalue weighted by Crippen LogP contribution is -2.25. The number of halogens is 1. The van der Waals surface area contributed by atoms with Crippen LogP contribution in [0.1, 0.15) is 26.2 Å². The lowest BCUT2D eigenvalue weighted by atomic mass is 10.3. The Morgan fingerprint density at radius 1 is 1.33 bits per heavy atom. The van der Waals surface area contributed by atoms with Crippen LogP contribution in [0.15, 0.2) is 0 Å². The van der Waals surface area contributed by atoms with Crippen LogP contribution in [0.5, 0.6) is 0 Å². The zero-order valence-electron chi connectivity index (χ0n) is 7.72. The molecular formula is C9H17BrN2. The largest absolute Gasteiger partial charge is 0.303 e. The molecule has 0 bridgehead atoms. The molecule has 0 aromatic rings. The highest BCUT2D eigenvalue weighted by atomic mass is 79.9. The summed E-state index contributed by atoms with van der Waals surface area (Å²) in [4.78, 5) is 2.33. The van der Waals surface area contributed by atoms with Gasteiger partial charge in [0.2, 0.25) is 0 Å². The predicted octanol–water partition coefficient (Wildman–Crippen LogP) is 2.40. The Hall–Kier alpha value is -0.0700. The fourth-order valence-corrected chi connectivity index (χ4v) is 1.46. The van der Waals surface area contributed by atoms with Crippen LogP contribution in [0.3, 0.4) is 0 Å². The van der Waals surface area contributed by atoms with Crippen LogP contribution < -0.4 is 0 Å². The summed E-state index contributed by atoms with van der Waals surface area (Å²) < 4.78 is 0. The molecule has 0 heterocycles. The second kappa shape index (κ2) is 9.02. The monoisotopic (exact) mass is 232 g/mol. The van der Waals surface area contributed by atoms with Gasteiger partial charge >= 0.3 is 0 Å². The maximum absolute atomic E-state index is 8.40. The van der Waals surface area contributed by atoms with Gasteiger partial charge in [-0.3, -0.25) is 0 Å². The van der Waals surface area contributed by atoms with Crippen molar-refractivity contribution in [2.75, 3.05) is 25.0 Å². The summed E-state index contributed by atoms with van der Waals surface area (Å²) in [6.45, 7) is 5.26. The predicted molar refractivity (Wildman–Crippen MR) is 55.4 cm³/mol. The van der Waals surface area contributed by atoms with Crippen LogP contribution in [0.2, 0.25) is 0 Å². The van der Waals surface area contributed by atoms with Gasteiger partial charge in [-0.1, -0.05) is 22.9 Å². The Labute approximate surface area is 83.7 Å². The summed E-state index contributed by atoms with van der Waals surface area (Å²) in [7, 11) is 0. The number of rotatable bonds is 7. The summed E-state index contributed by atoms with van der Waals surface area (Å²) in [5, 5.41) is 9.48. The van der Waals surface area contributed by atoms with Gasteiger partial charge in [0, 0.05) is 18.3 Å². The van der Waals surface area contributed by atoms with Crippen molar-refractivity contribution in [3.05, 3.63) is 0 Å². The minimum atomic E-state index is 0.655. The topological polar surface area (TPSA) is 27.0 Å². The van der Waals surface area contributed by atoms with E-state index in [4.69, 9.17) is 5.26 Å². The summed E-state index contributed by atoms with van der Waals surface area (Å²) in [5.41, 5.74) is 0. The zero-order valence-corrected chi connectivity index (χ0v) is 9.31. The number of hydrogen-bond acceptors (Lipinski definition) is 2. The van der Waals surface area contributed by atoms with Crippen molar-refractivity contribution >= 4 is 15.9 Å². The third kappa shape index (κ3) is 6.63. The average molecular weight is 233 g/mol. The van der Waals surface area contributed by atoms with E-state index in [9.17, 15) is 0 Å². The van der Waals surface area contributed by atoms with E-state index in [1.165, 1.54) is 12.8 Å². The first kappa shape index (κ1) is 11.9. The van der Waals surface area contributed by atoms with Crippen LogP contribution in [0, 0.1) is 11.3 Å². The van der Waals surface area contributed by atoms with Gasteiger partial charge < -0.3 is 4.90 Å². The van der Waals surface area contributed by atoms with Gasteiger partial charge in [0.05, 0.1) is 6.07 Å². The van der Waals surface area contributed by atoms with Gasteiger partial charge in [-0.05, 0) is 25.9 Å². The third-order valence-electron chi connectivity index (χ3n) is 1.85. The van der Waals surface area contributed by atoms with E-state index in [2.05, 4.69) is 33.8 Å². The normalized spacial score (nSPS) is 10.2. The molecular weight excluding hydrogens is 216 g/mol. The molecule has 0 aliphatic carbocycles. The molecule has 2 nitrogen and oxygen atoms in total. The molecule has 0 atom stereocenters. The molecule has 70 valence electrons. The lowest BCUT2D eigenvalue weighted by molar-refractivity contribution is 0.290. The molecule has 0 aliphatic heterocycles. The van der Waals surface area contributed by atoms with Gasteiger partial charge in [0.25, 0.3) is 0 Å². The summed E-state index contributed by atoms with van der Waals surface area (Å²) in [5.74, 6) is 0. The van der Waals surface area contributed by atoms with E-state index in [0.29, 0.717) is 6.42 Å². The Balaban J connectivity index is 3.34.